The van der Waals surface area contributed by atoms with Gasteiger partial charge in [0.2, 0.25) is 0 Å². The predicted octanol–water partition coefficient (Wildman–Crippen LogP) is 5.55. The Morgan fingerprint density at radius 3 is 2.52 bits per heavy atom. The van der Waals surface area contributed by atoms with Crippen molar-refractivity contribution in [3.63, 3.8) is 0 Å². The molecule has 0 spiro atoms. The monoisotopic (exact) mass is 347 g/mol. The fourth-order valence-electron chi connectivity index (χ4n) is 2.00. The molecule has 0 saturated carbocycles. The van der Waals surface area contributed by atoms with E-state index < -0.39 is 0 Å². The van der Waals surface area contributed by atoms with Crippen molar-refractivity contribution in [3.8, 4) is 5.75 Å². The molecule has 2 nitrogen and oxygen atoms in total. The molecule has 0 aromatic heterocycles. The maximum Gasteiger partial charge on any atom is 0.119 e. The van der Waals surface area contributed by atoms with Crippen LogP contribution in [0.25, 0.3) is 0 Å². The summed E-state index contributed by atoms with van der Waals surface area (Å²) in [6.45, 7) is 5.86. The van der Waals surface area contributed by atoms with Gasteiger partial charge in [0.15, 0.2) is 0 Å². The Morgan fingerprint density at radius 1 is 1.10 bits per heavy atom. The number of hydrogen-bond donors (Lipinski definition) is 1. The van der Waals surface area contributed by atoms with Crippen LogP contribution in [0.15, 0.2) is 46.9 Å². The first kappa shape index (κ1) is 15.9. The normalized spacial score (nSPS) is 10.4. The summed E-state index contributed by atoms with van der Waals surface area (Å²) in [4.78, 5) is 0. The first-order chi connectivity index (χ1) is 10.2. The second-order valence-electron chi connectivity index (χ2n) is 5.18. The number of benzene rings is 2. The quantitative estimate of drug-likeness (QED) is 0.663. The maximum atomic E-state index is 5.67. The van der Waals surface area contributed by atoms with E-state index in [2.05, 4.69) is 65.4 Å². The number of unbranched alkanes of at least 4 members (excludes halogenated alkanes) is 1. The van der Waals surface area contributed by atoms with Crippen LogP contribution in [0.2, 0.25) is 0 Å². The maximum absolute atomic E-state index is 5.67. The third-order valence-electron chi connectivity index (χ3n) is 3.30. The van der Waals surface area contributed by atoms with Crippen LogP contribution in [-0.4, -0.2) is 6.61 Å². The zero-order valence-corrected chi connectivity index (χ0v) is 14.2. The Bertz CT molecular complexity index is 566. The van der Waals surface area contributed by atoms with Crippen LogP contribution in [-0.2, 0) is 6.54 Å². The molecule has 112 valence electrons. The van der Waals surface area contributed by atoms with Crippen LogP contribution in [0.5, 0.6) is 5.75 Å². The Balaban J connectivity index is 1.88. The third-order valence-corrected chi connectivity index (χ3v) is 3.95. The molecule has 0 heterocycles. The zero-order chi connectivity index (χ0) is 15.1. The van der Waals surface area contributed by atoms with Crippen LogP contribution in [0.1, 0.15) is 30.9 Å². The highest BCUT2D eigenvalue weighted by Gasteiger charge is 2.00. The molecule has 0 unspecified atom stereocenters. The number of halogens is 1. The van der Waals surface area contributed by atoms with Gasteiger partial charge in [0.1, 0.15) is 5.75 Å². The molecule has 0 saturated heterocycles. The topological polar surface area (TPSA) is 21.3 Å². The molecule has 0 aliphatic rings. The molecule has 3 heteroatoms. The van der Waals surface area contributed by atoms with Crippen molar-refractivity contribution < 1.29 is 4.74 Å². The second kappa shape index (κ2) is 8.08. The average molecular weight is 348 g/mol. The zero-order valence-electron chi connectivity index (χ0n) is 12.7. The van der Waals surface area contributed by atoms with Gasteiger partial charge in [0.05, 0.1) is 6.61 Å². The molecule has 21 heavy (non-hydrogen) atoms. The van der Waals surface area contributed by atoms with Crippen molar-refractivity contribution in [2.24, 2.45) is 0 Å². The minimum atomic E-state index is 0.796. The summed E-state index contributed by atoms with van der Waals surface area (Å²) in [6.07, 6.45) is 2.26. The van der Waals surface area contributed by atoms with Crippen molar-refractivity contribution in [1.82, 2.24) is 0 Å². The minimum absolute atomic E-state index is 0.796. The summed E-state index contributed by atoms with van der Waals surface area (Å²) >= 11 is 3.58. The van der Waals surface area contributed by atoms with Crippen molar-refractivity contribution in [3.05, 3.63) is 58.1 Å². The molecular weight excluding hydrogens is 326 g/mol. The van der Waals surface area contributed by atoms with E-state index in [4.69, 9.17) is 4.74 Å². The molecule has 0 amide bonds. The van der Waals surface area contributed by atoms with Gasteiger partial charge in [-0.1, -0.05) is 31.5 Å². The van der Waals surface area contributed by atoms with Gasteiger partial charge in [0.25, 0.3) is 0 Å². The van der Waals surface area contributed by atoms with Gasteiger partial charge in [-0.25, -0.2) is 0 Å². The van der Waals surface area contributed by atoms with Crippen molar-refractivity contribution in [1.29, 1.82) is 0 Å². The number of hydrogen-bond acceptors (Lipinski definition) is 2. The van der Waals surface area contributed by atoms with Crippen LogP contribution in [0.4, 0.5) is 5.69 Å². The van der Waals surface area contributed by atoms with Crippen molar-refractivity contribution in [2.75, 3.05) is 11.9 Å². The molecule has 2 aromatic rings. The first-order valence-corrected chi connectivity index (χ1v) is 8.20. The second-order valence-corrected chi connectivity index (χ2v) is 6.04. The van der Waals surface area contributed by atoms with Crippen LogP contribution in [0.3, 0.4) is 0 Å². The van der Waals surface area contributed by atoms with Crippen molar-refractivity contribution in [2.45, 2.75) is 33.2 Å². The Morgan fingerprint density at radius 2 is 1.86 bits per heavy atom. The summed E-state index contributed by atoms with van der Waals surface area (Å²) in [7, 11) is 0. The number of anilines is 1. The molecule has 0 radical (unpaired) electrons. The van der Waals surface area contributed by atoms with Gasteiger partial charge < -0.3 is 10.1 Å². The summed E-state index contributed by atoms with van der Waals surface area (Å²) in [6, 6.07) is 14.6. The first-order valence-electron chi connectivity index (χ1n) is 7.41. The van der Waals surface area contributed by atoms with E-state index in [-0.39, 0.29) is 0 Å². The van der Waals surface area contributed by atoms with Gasteiger partial charge in [-0.2, -0.15) is 0 Å². The number of aryl methyl sites for hydroxylation is 1. The molecule has 1 N–H and O–H groups in total. The lowest BCUT2D eigenvalue weighted by molar-refractivity contribution is 0.309. The SMILES string of the molecule is CCCCOc1ccc(CNc2ccc(C)cc2Br)cc1. The van der Waals surface area contributed by atoms with E-state index in [0.29, 0.717) is 0 Å². The standard InChI is InChI=1S/C18H22BrNO/c1-3-4-11-21-16-8-6-15(7-9-16)13-20-18-10-5-14(2)12-17(18)19/h5-10,12,20H,3-4,11,13H2,1-2H3. The average Bonchev–Trinajstić information content (AvgIpc) is 2.48. The van der Waals surface area contributed by atoms with Gasteiger partial charge in [-0.05, 0) is 64.7 Å². The predicted molar refractivity (Wildman–Crippen MR) is 93.1 cm³/mol. The molecule has 0 fully saturated rings. The lowest BCUT2D eigenvalue weighted by Gasteiger charge is -2.10. The minimum Gasteiger partial charge on any atom is -0.494 e. The Kier molecular flexibility index (Phi) is 6.12. The Hall–Kier alpha value is -1.48. The highest BCUT2D eigenvalue weighted by atomic mass is 79.9. The largest absolute Gasteiger partial charge is 0.494 e. The highest BCUT2D eigenvalue weighted by Crippen LogP contribution is 2.24. The van der Waals surface area contributed by atoms with Gasteiger partial charge in [0, 0.05) is 16.7 Å². The van der Waals surface area contributed by atoms with Gasteiger partial charge in [-0.15, -0.1) is 0 Å². The lowest BCUT2D eigenvalue weighted by atomic mass is 10.2. The van der Waals surface area contributed by atoms with Crippen LogP contribution >= 0.6 is 15.9 Å². The number of nitrogens with one attached hydrogen (secondary N) is 1. The smallest absolute Gasteiger partial charge is 0.119 e. The fraction of sp³-hybridized carbons (Fsp3) is 0.333. The van der Waals surface area contributed by atoms with E-state index in [1.54, 1.807) is 0 Å². The summed E-state index contributed by atoms with van der Waals surface area (Å²) in [5.41, 5.74) is 3.61. The molecule has 0 aliphatic heterocycles. The summed E-state index contributed by atoms with van der Waals surface area (Å²) < 4.78 is 6.77. The van der Waals surface area contributed by atoms with Crippen molar-refractivity contribution >= 4 is 21.6 Å². The van der Waals surface area contributed by atoms with E-state index in [1.807, 2.05) is 12.1 Å². The molecule has 2 rings (SSSR count). The number of rotatable bonds is 7. The third kappa shape index (κ3) is 5.09. The van der Waals surface area contributed by atoms with Crippen LogP contribution in [0, 0.1) is 6.92 Å². The van der Waals surface area contributed by atoms with E-state index in [1.165, 1.54) is 11.1 Å². The molecule has 0 bridgehead atoms. The molecule has 0 atom stereocenters. The van der Waals surface area contributed by atoms with Crippen LogP contribution < -0.4 is 10.1 Å². The van der Waals surface area contributed by atoms with Gasteiger partial charge >= 0.3 is 0 Å². The molecule has 2 aromatic carbocycles. The Labute approximate surface area is 135 Å². The van der Waals surface area contributed by atoms with Gasteiger partial charge in [-0.3, -0.25) is 0 Å². The summed E-state index contributed by atoms with van der Waals surface area (Å²) in [5, 5.41) is 3.44. The van der Waals surface area contributed by atoms with E-state index >= 15 is 0 Å². The lowest BCUT2D eigenvalue weighted by Crippen LogP contribution is -2.01. The highest BCUT2D eigenvalue weighted by molar-refractivity contribution is 9.10. The number of ether oxygens (including phenoxy) is 1. The van der Waals surface area contributed by atoms with E-state index in [0.717, 1.165) is 41.9 Å². The fourth-order valence-corrected chi connectivity index (χ4v) is 2.63. The molecule has 0 aliphatic carbocycles. The van der Waals surface area contributed by atoms with E-state index in [9.17, 15) is 0 Å². The molecular formula is C18H22BrNO. The summed E-state index contributed by atoms with van der Waals surface area (Å²) in [5.74, 6) is 0.948.